The first-order valence-corrected chi connectivity index (χ1v) is 7.28. The van der Waals surface area contributed by atoms with E-state index in [1.807, 2.05) is 12.1 Å². The lowest BCUT2D eigenvalue weighted by atomic mass is 10.1. The first kappa shape index (κ1) is 15.1. The van der Waals surface area contributed by atoms with Crippen molar-refractivity contribution >= 4 is 18.1 Å². The lowest BCUT2D eigenvalue weighted by Gasteiger charge is -2.13. The number of imide groups is 1. The highest BCUT2D eigenvalue weighted by Gasteiger charge is 2.34. The standard InChI is InChI=1S/C18H15NO4/c20-11-13-5-7-14(8-6-13)12-23-10-9-19-17(21)15-3-1-2-4-16(15)18(19)22/h1-8,11H,9-10,12H2. The fourth-order valence-electron chi connectivity index (χ4n) is 2.48. The Morgan fingerprint density at radius 1 is 0.913 bits per heavy atom. The first-order chi connectivity index (χ1) is 11.2. The summed E-state index contributed by atoms with van der Waals surface area (Å²) in [6.45, 7) is 0.849. The summed E-state index contributed by atoms with van der Waals surface area (Å²) in [5.74, 6) is -0.547. The molecule has 1 heterocycles. The Morgan fingerprint density at radius 3 is 2.09 bits per heavy atom. The number of nitrogens with zero attached hydrogens (tertiary/aromatic N) is 1. The van der Waals surface area contributed by atoms with Crippen LogP contribution in [0.2, 0.25) is 0 Å². The Kier molecular flexibility index (Phi) is 4.30. The number of ether oxygens (including phenoxy) is 1. The monoisotopic (exact) mass is 309 g/mol. The van der Waals surface area contributed by atoms with E-state index in [-0.39, 0.29) is 25.0 Å². The molecule has 1 aliphatic rings. The topological polar surface area (TPSA) is 63.7 Å². The molecule has 0 radical (unpaired) electrons. The molecule has 116 valence electrons. The quantitative estimate of drug-likeness (QED) is 0.467. The Balaban J connectivity index is 1.52. The number of amides is 2. The number of carbonyl (C=O) groups is 3. The molecule has 0 fully saturated rings. The molecule has 0 atom stereocenters. The van der Waals surface area contributed by atoms with E-state index in [1.54, 1.807) is 36.4 Å². The van der Waals surface area contributed by atoms with Crippen LogP contribution in [0.15, 0.2) is 48.5 Å². The number of carbonyl (C=O) groups excluding carboxylic acids is 3. The van der Waals surface area contributed by atoms with E-state index in [0.29, 0.717) is 23.3 Å². The molecule has 0 N–H and O–H groups in total. The van der Waals surface area contributed by atoms with Gasteiger partial charge in [0.25, 0.3) is 11.8 Å². The molecule has 0 saturated heterocycles. The maximum Gasteiger partial charge on any atom is 0.261 e. The van der Waals surface area contributed by atoms with E-state index < -0.39 is 0 Å². The SMILES string of the molecule is O=Cc1ccc(COCCN2C(=O)c3ccccc3C2=O)cc1. The highest BCUT2D eigenvalue weighted by molar-refractivity contribution is 6.21. The Bertz CT molecular complexity index is 717. The lowest BCUT2D eigenvalue weighted by Crippen LogP contribution is -2.33. The van der Waals surface area contributed by atoms with Crippen LogP contribution in [0.5, 0.6) is 0 Å². The zero-order valence-electron chi connectivity index (χ0n) is 12.4. The molecule has 0 saturated carbocycles. The normalized spacial score (nSPS) is 13.3. The van der Waals surface area contributed by atoms with Crippen LogP contribution in [0.1, 0.15) is 36.6 Å². The molecule has 5 nitrogen and oxygen atoms in total. The van der Waals surface area contributed by atoms with Gasteiger partial charge in [-0.3, -0.25) is 19.3 Å². The van der Waals surface area contributed by atoms with Crippen LogP contribution in [-0.4, -0.2) is 36.2 Å². The van der Waals surface area contributed by atoms with Gasteiger partial charge in [-0.1, -0.05) is 36.4 Å². The fraction of sp³-hybridized carbons (Fsp3) is 0.167. The van der Waals surface area contributed by atoms with Crippen molar-refractivity contribution in [3.05, 3.63) is 70.8 Å². The lowest BCUT2D eigenvalue weighted by molar-refractivity contribution is 0.0545. The van der Waals surface area contributed by atoms with E-state index in [0.717, 1.165) is 11.8 Å². The van der Waals surface area contributed by atoms with Gasteiger partial charge in [-0.25, -0.2) is 0 Å². The van der Waals surface area contributed by atoms with Crippen LogP contribution in [0.4, 0.5) is 0 Å². The molecule has 1 aliphatic heterocycles. The predicted molar refractivity (Wildman–Crippen MR) is 83.3 cm³/mol. The van der Waals surface area contributed by atoms with Gasteiger partial charge in [-0.15, -0.1) is 0 Å². The minimum absolute atomic E-state index is 0.221. The van der Waals surface area contributed by atoms with Crippen molar-refractivity contribution in [3.63, 3.8) is 0 Å². The zero-order valence-corrected chi connectivity index (χ0v) is 12.4. The van der Waals surface area contributed by atoms with Crippen molar-refractivity contribution in [2.75, 3.05) is 13.2 Å². The zero-order chi connectivity index (χ0) is 16.2. The number of fused-ring (bicyclic) bond motifs is 1. The molecule has 0 aliphatic carbocycles. The number of hydrogen-bond acceptors (Lipinski definition) is 4. The molecule has 2 aromatic carbocycles. The summed E-state index contributed by atoms with van der Waals surface area (Å²) in [6.07, 6.45) is 0.785. The van der Waals surface area contributed by atoms with Crippen LogP contribution in [-0.2, 0) is 11.3 Å². The van der Waals surface area contributed by atoms with Crippen molar-refractivity contribution in [3.8, 4) is 0 Å². The minimum atomic E-state index is -0.274. The smallest absolute Gasteiger partial charge is 0.261 e. The number of aldehydes is 1. The molecular weight excluding hydrogens is 294 g/mol. The van der Waals surface area contributed by atoms with Gasteiger partial charge in [-0.05, 0) is 17.7 Å². The highest BCUT2D eigenvalue weighted by atomic mass is 16.5. The summed E-state index contributed by atoms with van der Waals surface area (Å²) >= 11 is 0. The van der Waals surface area contributed by atoms with Gasteiger partial charge >= 0.3 is 0 Å². The molecule has 0 aromatic heterocycles. The van der Waals surface area contributed by atoms with E-state index in [4.69, 9.17) is 4.74 Å². The average molecular weight is 309 g/mol. The van der Waals surface area contributed by atoms with Gasteiger partial charge < -0.3 is 4.74 Å². The second kappa shape index (κ2) is 6.54. The summed E-state index contributed by atoms with van der Waals surface area (Å²) in [5.41, 5.74) is 2.43. The van der Waals surface area contributed by atoms with E-state index in [1.165, 1.54) is 4.90 Å². The van der Waals surface area contributed by atoms with Gasteiger partial charge in [0.05, 0.1) is 30.9 Å². The molecule has 0 unspecified atom stereocenters. The second-order valence-corrected chi connectivity index (χ2v) is 5.22. The highest BCUT2D eigenvalue weighted by Crippen LogP contribution is 2.21. The van der Waals surface area contributed by atoms with Crippen molar-refractivity contribution in [1.29, 1.82) is 0 Å². The van der Waals surface area contributed by atoms with Crippen LogP contribution >= 0.6 is 0 Å². The minimum Gasteiger partial charge on any atom is -0.375 e. The van der Waals surface area contributed by atoms with Crippen molar-refractivity contribution < 1.29 is 19.1 Å². The predicted octanol–water partition coefficient (Wildman–Crippen LogP) is 2.31. The van der Waals surface area contributed by atoms with E-state index >= 15 is 0 Å². The van der Waals surface area contributed by atoms with E-state index in [9.17, 15) is 14.4 Å². The molecule has 23 heavy (non-hydrogen) atoms. The van der Waals surface area contributed by atoms with Crippen molar-refractivity contribution in [2.45, 2.75) is 6.61 Å². The summed E-state index contributed by atoms with van der Waals surface area (Å²) in [6, 6.07) is 13.9. The third-order valence-corrected chi connectivity index (χ3v) is 3.72. The maximum atomic E-state index is 12.2. The third kappa shape index (κ3) is 3.05. The van der Waals surface area contributed by atoms with Gasteiger partial charge in [0, 0.05) is 5.56 Å². The summed E-state index contributed by atoms with van der Waals surface area (Å²) in [7, 11) is 0. The first-order valence-electron chi connectivity index (χ1n) is 7.28. The molecule has 2 amide bonds. The summed E-state index contributed by atoms with van der Waals surface area (Å²) in [5, 5.41) is 0. The molecule has 2 aromatic rings. The van der Waals surface area contributed by atoms with Crippen LogP contribution in [0.25, 0.3) is 0 Å². The van der Waals surface area contributed by atoms with Crippen LogP contribution in [0.3, 0.4) is 0 Å². The van der Waals surface area contributed by atoms with Crippen LogP contribution < -0.4 is 0 Å². The largest absolute Gasteiger partial charge is 0.375 e. The van der Waals surface area contributed by atoms with E-state index in [2.05, 4.69) is 0 Å². The Hall–Kier alpha value is -2.79. The number of rotatable bonds is 6. The maximum absolute atomic E-state index is 12.2. The fourth-order valence-corrected chi connectivity index (χ4v) is 2.48. The Labute approximate surface area is 133 Å². The second-order valence-electron chi connectivity index (χ2n) is 5.22. The molecule has 0 spiro atoms. The number of benzene rings is 2. The van der Waals surface area contributed by atoms with Gasteiger partial charge in [0.15, 0.2) is 0 Å². The number of hydrogen-bond donors (Lipinski definition) is 0. The molecule has 3 rings (SSSR count). The van der Waals surface area contributed by atoms with Gasteiger partial charge in [-0.2, -0.15) is 0 Å². The summed E-state index contributed by atoms with van der Waals surface area (Å²) in [4.78, 5) is 36.1. The third-order valence-electron chi connectivity index (χ3n) is 3.72. The molecule has 0 bridgehead atoms. The van der Waals surface area contributed by atoms with Crippen LogP contribution in [0, 0.1) is 0 Å². The summed E-state index contributed by atoms with van der Waals surface area (Å²) < 4.78 is 5.52. The van der Waals surface area contributed by atoms with Gasteiger partial charge in [0.2, 0.25) is 0 Å². The van der Waals surface area contributed by atoms with Crippen molar-refractivity contribution in [1.82, 2.24) is 4.90 Å². The van der Waals surface area contributed by atoms with Crippen molar-refractivity contribution in [2.24, 2.45) is 0 Å². The van der Waals surface area contributed by atoms with Gasteiger partial charge in [0.1, 0.15) is 6.29 Å². The molecular formula is C18H15NO4. The molecule has 5 heteroatoms. The Morgan fingerprint density at radius 2 is 1.52 bits per heavy atom. The average Bonchev–Trinajstić information content (AvgIpc) is 2.84.